The molecule has 0 saturated carbocycles. The van der Waals surface area contributed by atoms with Gasteiger partial charge in [0.2, 0.25) is 0 Å². The Kier molecular flexibility index (Phi) is 3.20. The van der Waals surface area contributed by atoms with Crippen molar-refractivity contribution in [3.8, 4) is 21.7 Å². The van der Waals surface area contributed by atoms with E-state index in [2.05, 4.69) is 24.3 Å². The van der Waals surface area contributed by atoms with Crippen LogP contribution in [0.1, 0.15) is 0 Å². The van der Waals surface area contributed by atoms with Gasteiger partial charge in [0, 0.05) is 15.8 Å². The molecule has 4 rings (SSSR count). The van der Waals surface area contributed by atoms with Crippen molar-refractivity contribution in [1.82, 2.24) is 4.98 Å². The predicted octanol–water partition coefficient (Wildman–Crippen LogP) is 5.77. The molecule has 0 aliphatic carbocycles. The number of halogens is 1. The molecule has 106 valence electrons. The number of thiophene rings is 1. The summed E-state index contributed by atoms with van der Waals surface area (Å²) in [6.07, 6.45) is 0. The largest absolute Gasteiger partial charge is 0.237 e. The quantitative estimate of drug-likeness (QED) is 0.458. The summed E-state index contributed by atoms with van der Waals surface area (Å²) in [5, 5.41) is 1.11. The van der Waals surface area contributed by atoms with Crippen LogP contribution in [0.2, 0.25) is 0 Å². The van der Waals surface area contributed by atoms with E-state index in [1.54, 1.807) is 23.5 Å². The van der Waals surface area contributed by atoms with Crippen LogP contribution in [0.5, 0.6) is 0 Å². The number of hydrogen-bond donors (Lipinski definition) is 0. The summed E-state index contributed by atoms with van der Waals surface area (Å²) >= 11 is 1.63. The van der Waals surface area contributed by atoms with Crippen molar-refractivity contribution in [3.05, 3.63) is 78.6 Å². The molecule has 0 saturated heterocycles. The molecule has 2 heterocycles. The lowest BCUT2D eigenvalue weighted by Gasteiger charge is -1.99. The SMILES string of the molecule is Fc1ccc(-c2cc3ccc(-c4ccccc4)nc3s2)cc1. The van der Waals surface area contributed by atoms with Crippen LogP contribution in [0.3, 0.4) is 0 Å². The van der Waals surface area contributed by atoms with Gasteiger partial charge in [-0.05, 0) is 35.9 Å². The van der Waals surface area contributed by atoms with E-state index in [1.807, 2.05) is 24.3 Å². The maximum absolute atomic E-state index is 13.0. The molecule has 0 N–H and O–H groups in total. The van der Waals surface area contributed by atoms with E-state index in [0.717, 1.165) is 31.9 Å². The average Bonchev–Trinajstić information content (AvgIpc) is 2.99. The van der Waals surface area contributed by atoms with Crippen molar-refractivity contribution in [2.75, 3.05) is 0 Å². The summed E-state index contributed by atoms with van der Waals surface area (Å²) in [4.78, 5) is 6.86. The zero-order valence-electron chi connectivity index (χ0n) is 11.7. The van der Waals surface area contributed by atoms with Crippen molar-refractivity contribution in [1.29, 1.82) is 0 Å². The Labute approximate surface area is 131 Å². The molecule has 0 aliphatic heterocycles. The molecule has 1 nitrogen and oxygen atoms in total. The van der Waals surface area contributed by atoms with Crippen molar-refractivity contribution in [2.45, 2.75) is 0 Å². The number of nitrogens with zero attached hydrogens (tertiary/aromatic N) is 1. The maximum atomic E-state index is 13.0. The molecule has 0 radical (unpaired) electrons. The zero-order valence-corrected chi connectivity index (χ0v) is 12.5. The van der Waals surface area contributed by atoms with Gasteiger partial charge in [-0.2, -0.15) is 0 Å². The van der Waals surface area contributed by atoms with Crippen molar-refractivity contribution < 1.29 is 4.39 Å². The van der Waals surface area contributed by atoms with Crippen LogP contribution in [0, 0.1) is 5.82 Å². The van der Waals surface area contributed by atoms with Gasteiger partial charge >= 0.3 is 0 Å². The van der Waals surface area contributed by atoms with Gasteiger partial charge in [-0.25, -0.2) is 9.37 Å². The Morgan fingerprint density at radius 3 is 2.32 bits per heavy atom. The number of rotatable bonds is 2. The minimum Gasteiger partial charge on any atom is -0.237 e. The van der Waals surface area contributed by atoms with Crippen LogP contribution < -0.4 is 0 Å². The normalized spacial score (nSPS) is 11.0. The molecule has 2 aromatic heterocycles. The third kappa shape index (κ3) is 2.40. The molecule has 0 aliphatic rings. The maximum Gasteiger partial charge on any atom is 0.124 e. The topological polar surface area (TPSA) is 12.9 Å². The van der Waals surface area contributed by atoms with E-state index in [-0.39, 0.29) is 5.82 Å². The van der Waals surface area contributed by atoms with Gasteiger partial charge in [-0.1, -0.05) is 42.5 Å². The van der Waals surface area contributed by atoms with Gasteiger partial charge in [0.05, 0.1) is 5.69 Å². The molecule has 0 bridgehead atoms. The number of aromatic nitrogens is 1. The third-order valence-electron chi connectivity index (χ3n) is 3.58. The average molecular weight is 305 g/mol. The summed E-state index contributed by atoms with van der Waals surface area (Å²) in [5.74, 6) is -0.214. The lowest BCUT2D eigenvalue weighted by molar-refractivity contribution is 0.628. The molecular formula is C19H12FNS. The molecule has 0 atom stereocenters. The Morgan fingerprint density at radius 2 is 1.55 bits per heavy atom. The lowest BCUT2D eigenvalue weighted by Crippen LogP contribution is -1.81. The molecule has 0 amide bonds. The van der Waals surface area contributed by atoms with E-state index in [1.165, 1.54) is 12.1 Å². The van der Waals surface area contributed by atoms with Crippen molar-refractivity contribution >= 4 is 21.6 Å². The van der Waals surface area contributed by atoms with Gasteiger partial charge in [-0.15, -0.1) is 11.3 Å². The summed E-state index contributed by atoms with van der Waals surface area (Å²) in [5.41, 5.74) is 3.10. The Hall–Kier alpha value is -2.52. The van der Waals surface area contributed by atoms with E-state index in [0.29, 0.717) is 0 Å². The number of fused-ring (bicyclic) bond motifs is 1. The summed E-state index contributed by atoms with van der Waals surface area (Å²) in [6, 6.07) is 23.0. The molecule has 0 spiro atoms. The highest BCUT2D eigenvalue weighted by Gasteiger charge is 2.07. The first kappa shape index (κ1) is 13.2. The molecule has 22 heavy (non-hydrogen) atoms. The second-order valence-corrected chi connectivity index (χ2v) is 6.11. The van der Waals surface area contributed by atoms with Gasteiger partial charge in [0.15, 0.2) is 0 Å². The molecule has 0 fully saturated rings. The first-order chi connectivity index (χ1) is 10.8. The second kappa shape index (κ2) is 5.35. The van der Waals surface area contributed by atoms with Crippen LogP contribution in [0.25, 0.3) is 31.9 Å². The number of hydrogen-bond acceptors (Lipinski definition) is 2. The summed E-state index contributed by atoms with van der Waals surface area (Å²) < 4.78 is 13.0. The molecule has 3 heteroatoms. The predicted molar refractivity (Wildman–Crippen MR) is 90.5 cm³/mol. The van der Waals surface area contributed by atoms with Crippen LogP contribution >= 0.6 is 11.3 Å². The van der Waals surface area contributed by atoms with Crippen LogP contribution in [-0.4, -0.2) is 4.98 Å². The Bertz CT molecular complexity index is 927. The standard InChI is InChI=1S/C19H12FNS/c20-16-9-6-14(7-10-16)18-12-15-8-11-17(21-19(15)22-18)13-4-2-1-3-5-13/h1-12H. The van der Waals surface area contributed by atoms with E-state index in [9.17, 15) is 4.39 Å². The second-order valence-electron chi connectivity index (χ2n) is 5.07. The highest BCUT2D eigenvalue weighted by Crippen LogP contribution is 2.33. The molecule has 4 aromatic rings. The lowest BCUT2D eigenvalue weighted by atomic mass is 10.1. The first-order valence-corrected chi connectivity index (χ1v) is 7.83. The molecular weight excluding hydrogens is 293 g/mol. The minimum atomic E-state index is -0.214. The van der Waals surface area contributed by atoms with Gasteiger partial charge in [-0.3, -0.25) is 0 Å². The van der Waals surface area contributed by atoms with E-state index >= 15 is 0 Å². The number of pyridine rings is 1. The van der Waals surface area contributed by atoms with Crippen LogP contribution in [0.15, 0.2) is 72.8 Å². The fourth-order valence-electron chi connectivity index (χ4n) is 2.44. The molecule has 0 unspecified atom stereocenters. The van der Waals surface area contributed by atoms with Crippen LogP contribution in [0.4, 0.5) is 4.39 Å². The smallest absolute Gasteiger partial charge is 0.124 e. The van der Waals surface area contributed by atoms with Gasteiger partial charge in [0.1, 0.15) is 10.6 Å². The minimum absolute atomic E-state index is 0.214. The van der Waals surface area contributed by atoms with E-state index in [4.69, 9.17) is 4.98 Å². The highest BCUT2D eigenvalue weighted by atomic mass is 32.1. The summed E-state index contributed by atoms with van der Waals surface area (Å²) in [6.45, 7) is 0. The monoisotopic (exact) mass is 305 g/mol. The Morgan fingerprint density at radius 1 is 0.773 bits per heavy atom. The van der Waals surface area contributed by atoms with Crippen molar-refractivity contribution in [2.24, 2.45) is 0 Å². The molecule has 2 aromatic carbocycles. The summed E-state index contributed by atoms with van der Waals surface area (Å²) in [7, 11) is 0. The van der Waals surface area contributed by atoms with Crippen LogP contribution in [-0.2, 0) is 0 Å². The Balaban J connectivity index is 1.80. The first-order valence-electron chi connectivity index (χ1n) is 7.01. The zero-order chi connectivity index (χ0) is 14.9. The fourth-order valence-corrected chi connectivity index (χ4v) is 3.48. The highest BCUT2D eigenvalue weighted by molar-refractivity contribution is 7.21. The fraction of sp³-hybridized carbons (Fsp3) is 0. The van der Waals surface area contributed by atoms with E-state index < -0.39 is 0 Å². The van der Waals surface area contributed by atoms with Crippen molar-refractivity contribution in [3.63, 3.8) is 0 Å². The van der Waals surface area contributed by atoms with Gasteiger partial charge in [0.25, 0.3) is 0 Å². The van der Waals surface area contributed by atoms with Gasteiger partial charge < -0.3 is 0 Å². The number of benzene rings is 2. The third-order valence-corrected chi connectivity index (χ3v) is 4.68.